The van der Waals surface area contributed by atoms with Gasteiger partial charge in [-0.25, -0.2) is 0 Å². The van der Waals surface area contributed by atoms with Crippen LogP contribution in [0, 0.1) is 17.8 Å². The van der Waals surface area contributed by atoms with E-state index < -0.39 is 11.7 Å². The molecule has 6 heteroatoms. The lowest BCUT2D eigenvalue weighted by molar-refractivity contribution is -0.137. The van der Waals surface area contributed by atoms with Crippen molar-refractivity contribution in [1.29, 1.82) is 0 Å². The Kier molecular flexibility index (Phi) is 2.92. The maximum absolute atomic E-state index is 12.5. The van der Waals surface area contributed by atoms with Crippen LogP contribution in [0.25, 0.3) is 0 Å². The number of carbonyl (C=O) groups excluding carboxylic acids is 1. The molecule has 1 aromatic carbocycles. The Morgan fingerprint density at radius 1 is 1.20 bits per heavy atom. The molecule has 2 aliphatic rings. The fraction of sp³-hybridized carbons (Fsp3) is 0.500. The average molecular weight is 284 g/mol. The predicted molar refractivity (Wildman–Crippen MR) is 68.8 cm³/mol. The van der Waals surface area contributed by atoms with Crippen molar-refractivity contribution in [3.05, 3.63) is 23.8 Å². The molecule has 1 amide bonds. The maximum atomic E-state index is 12.5. The molecule has 2 saturated carbocycles. The van der Waals surface area contributed by atoms with Crippen molar-refractivity contribution < 1.29 is 18.0 Å². The van der Waals surface area contributed by atoms with Crippen molar-refractivity contribution in [3.8, 4) is 0 Å². The first-order valence-electron chi connectivity index (χ1n) is 6.62. The van der Waals surface area contributed by atoms with Crippen LogP contribution in [0.3, 0.4) is 0 Å². The molecule has 1 aromatic rings. The molecular formula is C14H15F3N2O. The Bertz CT molecular complexity index is 546. The first kappa shape index (κ1) is 13.3. The number of halogens is 3. The van der Waals surface area contributed by atoms with E-state index in [1.54, 1.807) is 0 Å². The van der Waals surface area contributed by atoms with Crippen LogP contribution in [-0.4, -0.2) is 5.91 Å². The van der Waals surface area contributed by atoms with Crippen molar-refractivity contribution in [2.45, 2.75) is 25.4 Å². The molecule has 0 heterocycles. The van der Waals surface area contributed by atoms with Crippen molar-refractivity contribution in [1.82, 2.24) is 0 Å². The monoisotopic (exact) mass is 284 g/mol. The second kappa shape index (κ2) is 4.40. The lowest BCUT2D eigenvalue weighted by Crippen LogP contribution is -2.22. The van der Waals surface area contributed by atoms with Gasteiger partial charge in [0, 0.05) is 5.92 Å². The molecular weight excluding hydrogens is 269 g/mol. The van der Waals surface area contributed by atoms with Gasteiger partial charge in [-0.3, -0.25) is 4.79 Å². The van der Waals surface area contributed by atoms with Crippen molar-refractivity contribution in [2.75, 3.05) is 11.1 Å². The Hall–Kier alpha value is -1.72. The smallest absolute Gasteiger partial charge is 0.397 e. The molecule has 0 aromatic heterocycles. The standard InChI is InChI=1S/C14H15F3N2O/c15-14(16,17)10-1-2-12(11(18)6-10)19-13(20)9-4-7-3-8(7)5-9/h1-2,6-9H,3-5,18H2,(H,19,20). The number of carbonyl (C=O) groups is 1. The number of nitrogens with two attached hydrogens (primary N) is 1. The van der Waals surface area contributed by atoms with E-state index in [1.807, 2.05) is 0 Å². The van der Waals surface area contributed by atoms with Gasteiger partial charge in [0.25, 0.3) is 0 Å². The second-order valence-corrected chi connectivity index (χ2v) is 5.71. The highest BCUT2D eigenvalue weighted by atomic mass is 19.4. The summed E-state index contributed by atoms with van der Waals surface area (Å²) in [6.45, 7) is 0. The first-order chi connectivity index (χ1) is 9.34. The summed E-state index contributed by atoms with van der Waals surface area (Å²) >= 11 is 0. The van der Waals surface area contributed by atoms with Gasteiger partial charge in [-0.2, -0.15) is 13.2 Å². The minimum Gasteiger partial charge on any atom is -0.397 e. The molecule has 2 fully saturated rings. The third-order valence-electron chi connectivity index (χ3n) is 4.25. The Morgan fingerprint density at radius 2 is 1.85 bits per heavy atom. The maximum Gasteiger partial charge on any atom is 0.416 e. The van der Waals surface area contributed by atoms with E-state index >= 15 is 0 Å². The van der Waals surface area contributed by atoms with Gasteiger partial charge < -0.3 is 11.1 Å². The highest BCUT2D eigenvalue weighted by Gasteiger charge is 2.48. The number of benzene rings is 1. The highest BCUT2D eigenvalue weighted by molar-refractivity contribution is 5.95. The van der Waals surface area contributed by atoms with Gasteiger partial charge in [0.05, 0.1) is 16.9 Å². The van der Waals surface area contributed by atoms with E-state index in [0.717, 1.165) is 25.0 Å². The van der Waals surface area contributed by atoms with Gasteiger partial charge in [0.15, 0.2) is 0 Å². The normalized spacial score (nSPS) is 28.1. The number of hydrogen-bond acceptors (Lipinski definition) is 2. The number of anilines is 2. The van der Waals surface area contributed by atoms with Crippen molar-refractivity contribution >= 4 is 17.3 Å². The SMILES string of the molecule is Nc1cc(C(F)(F)F)ccc1NC(=O)C1CC2CC2C1. The summed E-state index contributed by atoms with van der Waals surface area (Å²) in [5.74, 6) is 1.19. The highest BCUT2D eigenvalue weighted by Crippen LogP contribution is 2.54. The lowest BCUT2D eigenvalue weighted by Gasteiger charge is -2.15. The third kappa shape index (κ3) is 2.46. The Balaban J connectivity index is 1.69. The fourth-order valence-corrected chi connectivity index (χ4v) is 3.02. The van der Waals surface area contributed by atoms with Gasteiger partial charge in [-0.05, 0) is 49.3 Å². The van der Waals surface area contributed by atoms with Crippen LogP contribution in [-0.2, 0) is 11.0 Å². The number of nitrogens with one attached hydrogen (secondary N) is 1. The zero-order chi connectivity index (χ0) is 14.5. The van der Waals surface area contributed by atoms with Crippen LogP contribution in [0.2, 0.25) is 0 Å². The second-order valence-electron chi connectivity index (χ2n) is 5.71. The number of rotatable bonds is 2. The van der Waals surface area contributed by atoms with Crippen LogP contribution >= 0.6 is 0 Å². The molecule has 20 heavy (non-hydrogen) atoms. The molecule has 108 valence electrons. The average Bonchev–Trinajstić information content (AvgIpc) is 2.97. The molecule has 2 aliphatic carbocycles. The summed E-state index contributed by atoms with van der Waals surface area (Å²) in [6, 6.07) is 2.99. The topological polar surface area (TPSA) is 55.1 Å². The Morgan fingerprint density at radius 3 is 2.40 bits per heavy atom. The number of alkyl halides is 3. The van der Waals surface area contributed by atoms with Gasteiger partial charge in [-0.15, -0.1) is 0 Å². The Labute approximate surface area is 114 Å². The predicted octanol–water partition coefficient (Wildman–Crippen LogP) is 3.27. The van der Waals surface area contributed by atoms with E-state index in [0.29, 0.717) is 11.8 Å². The van der Waals surface area contributed by atoms with Gasteiger partial charge in [0.1, 0.15) is 0 Å². The van der Waals surface area contributed by atoms with Gasteiger partial charge in [-0.1, -0.05) is 0 Å². The van der Waals surface area contributed by atoms with Gasteiger partial charge >= 0.3 is 6.18 Å². The van der Waals surface area contributed by atoms with Crippen molar-refractivity contribution in [3.63, 3.8) is 0 Å². The molecule has 0 radical (unpaired) electrons. The molecule has 0 bridgehead atoms. The number of fused-ring (bicyclic) bond motifs is 1. The summed E-state index contributed by atoms with van der Waals surface area (Å²) in [7, 11) is 0. The number of nitrogen functional groups attached to an aromatic ring is 1. The number of hydrogen-bond donors (Lipinski definition) is 2. The van der Waals surface area contributed by atoms with Gasteiger partial charge in [0.2, 0.25) is 5.91 Å². The zero-order valence-electron chi connectivity index (χ0n) is 10.7. The van der Waals surface area contributed by atoms with Crippen LogP contribution in [0.1, 0.15) is 24.8 Å². The summed E-state index contributed by atoms with van der Waals surface area (Å²) in [6.07, 6.45) is -1.44. The summed E-state index contributed by atoms with van der Waals surface area (Å²) in [5.41, 5.74) is 4.97. The van der Waals surface area contributed by atoms with E-state index in [9.17, 15) is 18.0 Å². The summed E-state index contributed by atoms with van der Waals surface area (Å²) in [4.78, 5) is 12.0. The van der Waals surface area contributed by atoms with Crippen molar-refractivity contribution in [2.24, 2.45) is 17.8 Å². The number of amides is 1. The lowest BCUT2D eigenvalue weighted by atomic mass is 10.0. The van der Waals surface area contributed by atoms with Crippen LogP contribution in [0.15, 0.2) is 18.2 Å². The molecule has 0 aliphatic heterocycles. The van der Waals surface area contributed by atoms with Crippen LogP contribution in [0.5, 0.6) is 0 Å². The molecule has 3 N–H and O–H groups in total. The molecule has 2 unspecified atom stereocenters. The quantitative estimate of drug-likeness (QED) is 0.819. The minimum absolute atomic E-state index is 0.0274. The zero-order valence-corrected chi connectivity index (χ0v) is 10.7. The first-order valence-corrected chi connectivity index (χ1v) is 6.62. The van der Waals surface area contributed by atoms with E-state index in [-0.39, 0.29) is 23.2 Å². The minimum atomic E-state index is -4.43. The van der Waals surface area contributed by atoms with E-state index in [1.165, 1.54) is 12.5 Å². The molecule has 3 nitrogen and oxygen atoms in total. The summed E-state index contributed by atoms with van der Waals surface area (Å²) < 4.78 is 37.5. The fourth-order valence-electron chi connectivity index (χ4n) is 3.02. The molecule has 2 atom stereocenters. The van der Waals surface area contributed by atoms with Crippen LogP contribution < -0.4 is 11.1 Å². The largest absolute Gasteiger partial charge is 0.416 e. The summed E-state index contributed by atoms with van der Waals surface area (Å²) in [5, 5.41) is 2.64. The van der Waals surface area contributed by atoms with Crippen LogP contribution in [0.4, 0.5) is 24.5 Å². The van der Waals surface area contributed by atoms with E-state index in [2.05, 4.69) is 5.32 Å². The molecule has 0 saturated heterocycles. The molecule has 0 spiro atoms. The molecule has 3 rings (SSSR count). The van der Waals surface area contributed by atoms with E-state index in [4.69, 9.17) is 5.73 Å². The third-order valence-corrected chi connectivity index (χ3v) is 4.25.